The first kappa shape index (κ1) is 13.6. The molecule has 0 aliphatic rings. The van der Waals surface area contributed by atoms with Gasteiger partial charge in [0.25, 0.3) is 0 Å². The zero-order chi connectivity index (χ0) is 13.1. The van der Waals surface area contributed by atoms with Crippen molar-refractivity contribution in [1.82, 2.24) is 4.41 Å². The van der Waals surface area contributed by atoms with Crippen molar-refractivity contribution in [3.8, 4) is 6.07 Å². The molecule has 17 heavy (non-hydrogen) atoms. The Balaban J connectivity index is 2.97. The summed E-state index contributed by atoms with van der Waals surface area (Å²) in [4.78, 5) is 0. The fourth-order valence-electron chi connectivity index (χ4n) is 1.37. The molecular weight excluding hydrogens is 238 g/mol. The van der Waals surface area contributed by atoms with Gasteiger partial charge in [0.1, 0.15) is 0 Å². The molecule has 0 aliphatic carbocycles. The van der Waals surface area contributed by atoms with Crippen LogP contribution in [0, 0.1) is 11.3 Å². The smallest absolute Gasteiger partial charge is 0.226 e. The molecule has 0 bridgehead atoms. The minimum Gasteiger partial charge on any atom is -0.254 e. The topological polar surface area (TPSA) is 87.2 Å². The molecule has 0 heterocycles. The second-order valence-corrected chi connectivity index (χ2v) is 5.80. The number of hydrogen-bond acceptors (Lipinski definition) is 4. The Labute approximate surface area is 101 Å². The molecule has 0 saturated carbocycles. The van der Waals surface area contributed by atoms with Gasteiger partial charge in [-0.3, -0.25) is 5.84 Å². The summed E-state index contributed by atoms with van der Waals surface area (Å²) < 4.78 is 24.0. The molecule has 1 aromatic carbocycles. The molecule has 0 amide bonds. The summed E-state index contributed by atoms with van der Waals surface area (Å²) in [5.41, 5.74) is 1.28. The van der Waals surface area contributed by atoms with E-state index in [0.717, 1.165) is 9.98 Å². The maximum atomic E-state index is 11.6. The maximum Gasteiger partial charge on any atom is 0.226 e. The van der Waals surface area contributed by atoms with Gasteiger partial charge in [0.05, 0.1) is 23.4 Å². The number of nitrogens with two attached hydrogens (primary N) is 1. The van der Waals surface area contributed by atoms with E-state index < -0.39 is 16.1 Å². The molecule has 0 aromatic heterocycles. The highest BCUT2D eigenvalue weighted by molar-refractivity contribution is 7.89. The van der Waals surface area contributed by atoms with Crippen molar-refractivity contribution >= 4 is 10.0 Å². The van der Waals surface area contributed by atoms with Gasteiger partial charge in [-0.05, 0) is 31.5 Å². The van der Waals surface area contributed by atoms with E-state index in [4.69, 9.17) is 11.1 Å². The fraction of sp³-hybridized carbons (Fsp3) is 0.364. The summed E-state index contributed by atoms with van der Waals surface area (Å²) in [7, 11) is -3.42. The van der Waals surface area contributed by atoms with E-state index in [9.17, 15) is 8.42 Å². The van der Waals surface area contributed by atoms with Crippen LogP contribution in [-0.2, 0) is 10.0 Å². The van der Waals surface area contributed by atoms with Crippen molar-refractivity contribution in [2.75, 3.05) is 5.75 Å². The van der Waals surface area contributed by atoms with Gasteiger partial charge in [-0.25, -0.2) is 8.42 Å². The van der Waals surface area contributed by atoms with Gasteiger partial charge in [0.15, 0.2) is 0 Å². The van der Waals surface area contributed by atoms with Crippen molar-refractivity contribution in [2.24, 2.45) is 5.84 Å². The van der Waals surface area contributed by atoms with E-state index in [1.807, 2.05) is 6.07 Å². The molecule has 0 spiro atoms. The molecular formula is C11H15N3O2S. The predicted octanol–water partition coefficient (Wildman–Crippen LogP) is 1.14. The van der Waals surface area contributed by atoms with Gasteiger partial charge in [0.2, 0.25) is 10.0 Å². The van der Waals surface area contributed by atoms with Gasteiger partial charge in [-0.2, -0.15) is 5.26 Å². The number of benzene rings is 1. The van der Waals surface area contributed by atoms with Crippen molar-refractivity contribution in [2.45, 2.75) is 19.9 Å². The molecule has 2 N–H and O–H groups in total. The lowest BCUT2D eigenvalue weighted by Gasteiger charge is -2.23. The average molecular weight is 253 g/mol. The fourth-order valence-corrected chi connectivity index (χ4v) is 2.27. The number of hydrazine groups is 1. The normalized spacial score (nSPS) is 13.4. The van der Waals surface area contributed by atoms with Crippen LogP contribution in [0.4, 0.5) is 0 Å². The lowest BCUT2D eigenvalue weighted by Crippen LogP contribution is -2.40. The molecule has 1 unspecified atom stereocenters. The molecule has 1 aromatic rings. The van der Waals surface area contributed by atoms with Crippen LogP contribution in [0.5, 0.6) is 0 Å². The number of nitriles is 1. The molecule has 0 fully saturated rings. The van der Waals surface area contributed by atoms with Crippen LogP contribution in [0.2, 0.25) is 0 Å². The van der Waals surface area contributed by atoms with Crippen LogP contribution in [0.15, 0.2) is 24.3 Å². The molecule has 0 radical (unpaired) electrons. The third-order valence-corrected chi connectivity index (χ3v) is 4.28. The van der Waals surface area contributed by atoms with Gasteiger partial charge < -0.3 is 0 Å². The van der Waals surface area contributed by atoms with Crippen molar-refractivity contribution in [3.05, 3.63) is 35.4 Å². The van der Waals surface area contributed by atoms with Gasteiger partial charge in [-0.1, -0.05) is 12.1 Å². The van der Waals surface area contributed by atoms with Crippen molar-refractivity contribution in [3.63, 3.8) is 0 Å². The van der Waals surface area contributed by atoms with E-state index in [1.54, 1.807) is 38.1 Å². The first-order chi connectivity index (χ1) is 7.92. The standard InChI is InChI=1S/C11H15N3O2S/c1-3-17(15,16)14(13)9(2)11-6-4-10(8-12)5-7-11/h4-7,9H,3,13H2,1-2H3. The molecule has 5 nitrogen and oxygen atoms in total. The third kappa shape index (κ3) is 3.03. The number of sulfonamides is 1. The van der Waals surface area contributed by atoms with E-state index in [0.29, 0.717) is 5.56 Å². The van der Waals surface area contributed by atoms with Crippen LogP contribution in [0.1, 0.15) is 31.0 Å². The monoisotopic (exact) mass is 253 g/mol. The quantitative estimate of drug-likeness (QED) is 0.644. The molecule has 0 saturated heterocycles. The van der Waals surface area contributed by atoms with Crippen LogP contribution in [0.25, 0.3) is 0 Å². The maximum absolute atomic E-state index is 11.6. The summed E-state index contributed by atoms with van der Waals surface area (Å²) in [6.45, 7) is 3.25. The van der Waals surface area contributed by atoms with Crippen LogP contribution >= 0.6 is 0 Å². The second kappa shape index (κ2) is 5.27. The van der Waals surface area contributed by atoms with Crippen molar-refractivity contribution in [1.29, 1.82) is 5.26 Å². The lowest BCUT2D eigenvalue weighted by atomic mass is 10.1. The van der Waals surface area contributed by atoms with Crippen LogP contribution < -0.4 is 5.84 Å². The third-order valence-electron chi connectivity index (χ3n) is 2.59. The van der Waals surface area contributed by atoms with Crippen molar-refractivity contribution < 1.29 is 8.42 Å². The molecule has 6 heteroatoms. The minimum atomic E-state index is -3.42. The highest BCUT2D eigenvalue weighted by Crippen LogP contribution is 2.20. The second-order valence-electron chi connectivity index (χ2n) is 3.64. The number of hydrogen-bond donors (Lipinski definition) is 1. The zero-order valence-electron chi connectivity index (χ0n) is 9.79. The highest BCUT2D eigenvalue weighted by atomic mass is 32.2. The molecule has 1 rings (SSSR count). The summed E-state index contributed by atoms with van der Waals surface area (Å²) in [6.07, 6.45) is 0. The van der Waals surface area contributed by atoms with Gasteiger partial charge in [0, 0.05) is 0 Å². The Morgan fingerprint density at radius 1 is 1.41 bits per heavy atom. The van der Waals surface area contributed by atoms with E-state index >= 15 is 0 Å². The van der Waals surface area contributed by atoms with Gasteiger partial charge in [-0.15, -0.1) is 4.41 Å². The minimum absolute atomic E-state index is 0.0376. The molecule has 1 atom stereocenters. The predicted molar refractivity (Wildman–Crippen MR) is 65.1 cm³/mol. The summed E-state index contributed by atoms with van der Waals surface area (Å²) in [6, 6.07) is 8.23. The van der Waals surface area contributed by atoms with E-state index in [-0.39, 0.29) is 5.75 Å². The highest BCUT2D eigenvalue weighted by Gasteiger charge is 2.23. The Morgan fingerprint density at radius 2 is 1.94 bits per heavy atom. The first-order valence-electron chi connectivity index (χ1n) is 5.19. The Kier molecular flexibility index (Phi) is 4.23. The summed E-state index contributed by atoms with van der Waals surface area (Å²) in [5.74, 6) is 5.55. The van der Waals surface area contributed by atoms with Crippen LogP contribution in [-0.4, -0.2) is 18.6 Å². The summed E-state index contributed by atoms with van der Waals surface area (Å²) in [5, 5.41) is 8.66. The zero-order valence-corrected chi connectivity index (χ0v) is 10.6. The van der Waals surface area contributed by atoms with E-state index in [1.165, 1.54) is 0 Å². The largest absolute Gasteiger partial charge is 0.254 e. The SMILES string of the molecule is CCS(=O)(=O)N(N)C(C)c1ccc(C#N)cc1. The lowest BCUT2D eigenvalue weighted by molar-refractivity contribution is 0.354. The Bertz CT molecular complexity index is 517. The molecule has 0 aliphatic heterocycles. The summed E-state index contributed by atoms with van der Waals surface area (Å²) >= 11 is 0. The van der Waals surface area contributed by atoms with Crippen LogP contribution in [0.3, 0.4) is 0 Å². The first-order valence-corrected chi connectivity index (χ1v) is 6.80. The van der Waals surface area contributed by atoms with Gasteiger partial charge >= 0.3 is 0 Å². The Morgan fingerprint density at radius 3 is 2.35 bits per heavy atom. The average Bonchev–Trinajstić information content (AvgIpc) is 2.37. The number of rotatable bonds is 4. The molecule has 92 valence electrons. The van der Waals surface area contributed by atoms with E-state index in [2.05, 4.69) is 0 Å². The number of nitrogens with zero attached hydrogens (tertiary/aromatic N) is 2. The Hall–Kier alpha value is -1.42.